The van der Waals surface area contributed by atoms with Crippen LogP contribution in [0.15, 0.2) is 9.52 Å². The zero-order chi connectivity index (χ0) is 16.2. The number of rotatable bonds is 4. The van der Waals surface area contributed by atoms with Crippen molar-refractivity contribution in [1.82, 2.24) is 15.4 Å². The summed E-state index contributed by atoms with van der Waals surface area (Å²) in [5.74, 6) is 3.12. The summed E-state index contributed by atoms with van der Waals surface area (Å²) in [6, 6.07) is 0. The van der Waals surface area contributed by atoms with Gasteiger partial charge in [-0.15, -0.1) is 0 Å². The van der Waals surface area contributed by atoms with Crippen LogP contribution < -0.4 is 5.32 Å². The highest BCUT2D eigenvalue weighted by Gasteiger charge is 2.28. The molecule has 2 rings (SSSR count). The van der Waals surface area contributed by atoms with Gasteiger partial charge in [-0.25, -0.2) is 0 Å². The molecule has 1 fully saturated rings. The number of aromatic nitrogens is 1. The predicted molar refractivity (Wildman–Crippen MR) is 93.8 cm³/mol. The summed E-state index contributed by atoms with van der Waals surface area (Å²) in [4.78, 5) is 6.81. The van der Waals surface area contributed by atoms with Crippen molar-refractivity contribution >= 4 is 17.7 Å². The average Bonchev–Trinajstić information content (AvgIpc) is 2.77. The van der Waals surface area contributed by atoms with E-state index in [1.165, 1.54) is 5.56 Å². The molecule has 0 spiro atoms. The first kappa shape index (κ1) is 17.2. The van der Waals surface area contributed by atoms with Gasteiger partial charge in [-0.1, -0.05) is 5.16 Å². The summed E-state index contributed by atoms with van der Waals surface area (Å²) in [5, 5.41) is 7.50. The van der Waals surface area contributed by atoms with Crippen molar-refractivity contribution in [2.24, 2.45) is 4.99 Å². The lowest BCUT2D eigenvalue weighted by Crippen LogP contribution is -2.51. The third-order valence-electron chi connectivity index (χ3n) is 4.00. The third kappa shape index (κ3) is 4.41. The maximum atomic E-state index is 5.21. The summed E-state index contributed by atoms with van der Waals surface area (Å²) in [6.45, 7) is 11.6. The monoisotopic (exact) mass is 324 g/mol. The van der Waals surface area contributed by atoms with Crippen molar-refractivity contribution in [1.29, 1.82) is 0 Å². The van der Waals surface area contributed by atoms with Crippen LogP contribution in [-0.2, 0) is 6.42 Å². The van der Waals surface area contributed by atoms with E-state index < -0.39 is 0 Å². The molecule has 0 bridgehead atoms. The van der Waals surface area contributed by atoms with E-state index in [9.17, 15) is 0 Å². The van der Waals surface area contributed by atoms with Gasteiger partial charge in [0.2, 0.25) is 0 Å². The van der Waals surface area contributed by atoms with Crippen LogP contribution in [0.5, 0.6) is 0 Å². The van der Waals surface area contributed by atoms with E-state index in [1.54, 1.807) is 0 Å². The normalized spacial score (nSPS) is 18.6. The maximum Gasteiger partial charge on any atom is 0.193 e. The summed E-state index contributed by atoms with van der Waals surface area (Å²) < 4.78 is 5.51. The summed E-state index contributed by atoms with van der Waals surface area (Å²) >= 11 is 2.04. The Labute approximate surface area is 137 Å². The molecule has 1 aliphatic rings. The quantitative estimate of drug-likeness (QED) is 0.524. The van der Waals surface area contributed by atoms with Crippen LogP contribution in [0.1, 0.15) is 37.3 Å². The molecule has 0 saturated carbocycles. The highest BCUT2D eigenvalue weighted by atomic mass is 32.2. The first-order valence-electron chi connectivity index (χ1n) is 7.94. The zero-order valence-corrected chi connectivity index (χ0v) is 15.2. The van der Waals surface area contributed by atoms with Crippen molar-refractivity contribution < 1.29 is 4.52 Å². The lowest BCUT2D eigenvalue weighted by Gasteiger charge is -2.39. The van der Waals surface area contributed by atoms with E-state index in [2.05, 4.69) is 34.2 Å². The maximum absolute atomic E-state index is 5.21. The minimum Gasteiger partial charge on any atom is -0.361 e. The number of thioether (sulfide) groups is 1. The molecule has 0 amide bonds. The van der Waals surface area contributed by atoms with E-state index in [0.717, 1.165) is 55.6 Å². The number of aryl methyl sites for hydroxylation is 2. The molecule has 0 aromatic carbocycles. The van der Waals surface area contributed by atoms with E-state index in [-0.39, 0.29) is 0 Å². The fourth-order valence-electron chi connectivity index (χ4n) is 2.85. The van der Waals surface area contributed by atoms with Gasteiger partial charge in [0.25, 0.3) is 0 Å². The molecule has 0 radical (unpaired) electrons. The SMILES string of the molecule is CN=C(NCCCc1c(C)noc1C)N1CCSC(C)(C)C1. The largest absolute Gasteiger partial charge is 0.361 e. The van der Waals surface area contributed by atoms with Gasteiger partial charge in [-0.3, -0.25) is 4.99 Å². The van der Waals surface area contributed by atoms with Gasteiger partial charge in [-0.05, 0) is 40.5 Å². The van der Waals surface area contributed by atoms with Gasteiger partial charge < -0.3 is 14.7 Å². The summed E-state index contributed by atoms with van der Waals surface area (Å²) in [5.41, 5.74) is 2.25. The van der Waals surface area contributed by atoms with Crippen molar-refractivity contribution in [2.75, 3.05) is 32.4 Å². The number of guanidine groups is 1. The molecule has 2 heterocycles. The molecule has 1 saturated heterocycles. The second-order valence-electron chi connectivity index (χ2n) is 6.41. The summed E-state index contributed by atoms with van der Waals surface area (Å²) in [6.07, 6.45) is 2.04. The van der Waals surface area contributed by atoms with E-state index in [4.69, 9.17) is 4.52 Å². The van der Waals surface area contributed by atoms with Gasteiger partial charge in [-0.2, -0.15) is 11.8 Å². The Bertz CT molecular complexity index is 505. The van der Waals surface area contributed by atoms with Gasteiger partial charge in [0.1, 0.15) is 5.76 Å². The van der Waals surface area contributed by atoms with E-state index in [1.807, 2.05) is 32.7 Å². The van der Waals surface area contributed by atoms with Crippen LogP contribution >= 0.6 is 11.8 Å². The van der Waals surface area contributed by atoms with E-state index in [0.29, 0.717) is 4.75 Å². The molecular weight excluding hydrogens is 296 g/mol. The molecule has 124 valence electrons. The first-order valence-corrected chi connectivity index (χ1v) is 8.93. The number of aliphatic imine (C=N–C) groups is 1. The fraction of sp³-hybridized carbons (Fsp3) is 0.750. The molecule has 6 heteroatoms. The third-order valence-corrected chi connectivity index (χ3v) is 5.30. The Morgan fingerprint density at radius 1 is 1.45 bits per heavy atom. The molecule has 0 unspecified atom stereocenters. The predicted octanol–water partition coefficient (Wildman–Crippen LogP) is 2.63. The van der Waals surface area contributed by atoms with Crippen LogP contribution in [0.25, 0.3) is 0 Å². The molecule has 1 aromatic rings. The summed E-state index contributed by atoms with van der Waals surface area (Å²) in [7, 11) is 1.87. The zero-order valence-electron chi connectivity index (χ0n) is 14.4. The Balaban J connectivity index is 1.80. The second-order valence-corrected chi connectivity index (χ2v) is 8.21. The van der Waals surface area contributed by atoms with Gasteiger partial charge in [0.15, 0.2) is 5.96 Å². The minimum absolute atomic E-state index is 0.298. The highest BCUT2D eigenvalue weighted by Crippen LogP contribution is 2.29. The molecule has 0 atom stereocenters. The molecule has 5 nitrogen and oxygen atoms in total. The van der Waals surface area contributed by atoms with Gasteiger partial charge >= 0.3 is 0 Å². The lowest BCUT2D eigenvalue weighted by atomic mass is 10.1. The van der Waals surface area contributed by atoms with Crippen LogP contribution in [0, 0.1) is 13.8 Å². The average molecular weight is 324 g/mol. The molecule has 22 heavy (non-hydrogen) atoms. The lowest BCUT2D eigenvalue weighted by molar-refractivity contribution is 0.375. The molecule has 0 aliphatic carbocycles. The number of hydrogen-bond donors (Lipinski definition) is 1. The minimum atomic E-state index is 0.298. The van der Waals surface area contributed by atoms with Gasteiger partial charge in [0.05, 0.1) is 5.69 Å². The second kappa shape index (κ2) is 7.40. The van der Waals surface area contributed by atoms with Crippen molar-refractivity contribution in [2.45, 2.75) is 45.3 Å². The Hall–Kier alpha value is -1.17. The molecular formula is C16H28N4OS. The first-order chi connectivity index (χ1) is 10.4. The number of nitrogens with one attached hydrogen (secondary N) is 1. The van der Waals surface area contributed by atoms with Crippen LogP contribution in [0.4, 0.5) is 0 Å². The standard InChI is InChI=1S/C16H28N4OS/c1-12-14(13(2)21-19-12)7-6-8-18-15(17-5)20-9-10-22-16(3,4)11-20/h6-11H2,1-5H3,(H,17,18). The topological polar surface area (TPSA) is 53.7 Å². The fourth-order valence-corrected chi connectivity index (χ4v) is 3.97. The molecule has 1 N–H and O–H groups in total. The Morgan fingerprint density at radius 2 is 2.23 bits per heavy atom. The van der Waals surface area contributed by atoms with Crippen molar-refractivity contribution in [3.8, 4) is 0 Å². The number of hydrogen-bond acceptors (Lipinski definition) is 4. The van der Waals surface area contributed by atoms with Crippen molar-refractivity contribution in [3.63, 3.8) is 0 Å². The number of nitrogens with zero attached hydrogens (tertiary/aromatic N) is 3. The molecule has 1 aliphatic heterocycles. The smallest absolute Gasteiger partial charge is 0.193 e. The van der Waals surface area contributed by atoms with E-state index >= 15 is 0 Å². The highest BCUT2D eigenvalue weighted by molar-refractivity contribution is 8.00. The Kier molecular flexibility index (Phi) is 5.78. The Morgan fingerprint density at radius 3 is 2.82 bits per heavy atom. The van der Waals surface area contributed by atoms with Crippen LogP contribution in [0.2, 0.25) is 0 Å². The van der Waals surface area contributed by atoms with Crippen LogP contribution in [0.3, 0.4) is 0 Å². The van der Waals surface area contributed by atoms with Crippen LogP contribution in [-0.4, -0.2) is 53.2 Å². The van der Waals surface area contributed by atoms with Crippen molar-refractivity contribution in [3.05, 3.63) is 17.0 Å². The molecule has 1 aromatic heterocycles. The van der Waals surface area contributed by atoms with Gasteiger partial charge in [0, 0.05) is 42.7 Å².